The fraction of sp³-hybridized carbons (Fsp3) is 0.103. The van der Waals surface area contributed by atoms with Gasteiger partial charge in [-0.3, -0.25) is 0 Å². The highest BCUT2D eigenvalue weighted by molar-refractivity contribution is 6.28. The first-order chi connectivity index (χ1) is 28.3. The summed E-state index contributed by atoms with van der Waals surface area (Å²) in [6.45, 7) is 9.51. The minimum atomic E-state index is -0.105. The van der Waals surface area contributed by atoms with Crippen molar-refractivity contribution in [2.75, 3.05) is 0 Å². The third-order valence-electron chi connectivity index (χ3n) is 13.9. The molecular formula is C58H42. The molecule has 0 nitrogen and oxygen atoms in total. The highest BCUT2D eigenvalue weighted by atomic mass is 14.4. The molecule has 0 atom stereocenters. The van der Waals surface area contributed by atoms with E-state index < -0.39 is 0 Å². The molecule has 12 rings (SSSR count). The summed E-state index contributed by atoms with van der Waals surface area (Å²) in [6, 6.07) is 68.7. The SMILES string of the molecule is CC1(C)c2ccccc2-c2ccc(-c3ccccc3-c3ccc4ccc5c(-c6ccccc6-c6cccc7c6C(C)(C)c6ccccc6-7)ccc6ccc3c4c65)cc21. The molecule has 0 bridgehead atoms. The molecule has 0 heteroatoms. The van der Waals surface area contributed by atoms with Gasteiger partial charge >= 0.3 is 0 Å². The fourth-order valence-corrected chi connectivity index (χ4v) is 11.1. The lowest BCUT2D eigenvalue weighted by molar-refractivity contribution is 0.660. The molecule has 0 amide bonds. The summed E-state index contributed by atoms with van der Waals surface area (Å²) in [5.74, 6) is 0. The maximum absolute atomic E-state index is 2.45. The van der Waals surface area contributed by atoms with Gasteiger partial charge in [0.05, 0.1) is 0 Å². The van der Waals surface area contributed by atoms with E-state index >= 15 is 0 Å². The molecule has 2 aliphatic carbocycles. The van der Waals surface area contributed by atoms with Gasteiger partial charge in [0.2, 0.25) is 0 Å². The smallest absolute Gasteiger partial charge is 0.0165 e. The van der Waals surface area contributed by atoms with Crippen LogP contribution in [0.1, 0.15) is 49.9 Å². The van der Waals surface area contributed by atoms with Gasteiger partial charge in [-0.25, -0.2) is 0 Å². The molecule has 0 heterocycles. The fourth-order valence-electron chi connectivity index (χ4n) is 11.1. The van der Waals surface area contributed by atoms with Crippen molar-refractivity contribution in [3.63, 3.8) is 0 Å². The summed E-state index contributed by atoms with van der Waals surface area (Å²) < 4.78 is 0. The Balaban J connectivity index is 1.04. The van der Waals surface area contributed by atoms with Crippen molar-refractivity contribution in [1.82, 2.24) is 0 Å². The Morgan fingerprint density at radius 2 is 0.672 bits per heavy atom. The van der Waals surface area contributed by atoms with Crippen molar-refractivity contribution in [3.05, 3.63) is 204 Å². The largest absolute Gasteiger partial charge is 0.0619 e. The van der Waals surface area contributed by atoms with E-state index in [-0.39, 0.29) is 10.8 Å². The minimum Gasteiger partial charge on any atom is -0.0619 e. The molecule has 10 aromatic rings. The molecule has 58 heavy (non-hydrogen) atoms. The Bertz CT molecular complexity index is 3330. The van der Waals surface area contributed by atoms with E-state index in [1.165, 1.54) is 121 Å². The lowest BCUT2D eigenvalue weighted by Gasteiger charge is -2.25. The van der Waals surface area contributed by atoms with Gasteiger partial charge in [-0.2, -0.15) is 0 Å². The molecule has 0 fully saturated rings. The highest BCUT2D eigenvalue weighted by Gasteiger charge is 2.38. The second kappa shape index (κ2) is 11.9. The van der Waals surface area contributed by atoms with Crippen LogP contribution < -0.4 is 0 Å². The van der Waals surface area contributed by atoms with Crippen LogP contribution in [-0.2, 0) is 10.8 Å². The van der Waals surface area contributed by atoms with E-state index in [9.17, 15) is 0 Å². The van der Waals surface area contributed by atoms with Crippen molar-refractivity contribution in [2.45, 2.75) is 38.5 Å². The van der Waals surface area contributed by atoms with Crippen LogP contribution in [0.25, 0.3) is 99.1 Å². The second-order valence-corrected chi connectivity index (χ2v) is 17.6. The second-order valence-electron chi connectivity index (χ2n) is 17.6. The summed E-state index contributed by atoms with van der Waals surface area (Å²) in [4.78, 5) is 0. The molecule has 0 aromatic heterocycles. The van der Waals surface area contributed by atoms with Gasteiger partial charge < -0.3 is 0 Å². The van der Waals surface area contributed by atoms with Gasteiger partial charge in [-0.05, 0) is 127 Å². The molecule has 2 aliphatic rings. The summed E-state index contributed by atoms with van der Waals surface area (Å²) in [5, 5.41) is 7.82. The molecule has 0 saturated carbocycles. The van der Waals surface area contributed by atoms with Crippen LogP contribution in [-0.4, -0.2) is 0 Å². The summed E-state index contributed by atoms with van der Waals surface area (Å²) in [7, 11) is 0. The molecule has 0 N–H and O–H groups in total. The number of hydrogen-bond acceptors (Lipinski definition) is 0. The predicted molar refractivity (Wildman–Crippen MR) is 247 cm³/mol. The van der Waals surface area contributed by atoms with Gasteiger partial charge in [0.15, 0.2) is 0 Å². The third kappa shape index (κ3) is 4.46. The predicted octanol–water partition coefficient (Wildman–Crippen LogP) is 15.9. The van der Waals surface area contributed by atoms with Crippen molar-refractivity contribution >= 4 is 32.3 Å². The number of benzene rings is 10. The van der Waals surface area contributed by atoms with Crippen molar-refractivity contribution < 1.29 is 0 Å². The van der Waals surface area contributed by atoms with Crippen LogP contribution in [0.15, 0.2) is 182 Å². The number of fused-ring (bicyclic) bond motifs is 6. The van der Waals surface area contributed by atoms with Gasteiger partial charge in [0, 0.05) is 10.8 Å². The van der Waals surface area contributed by atoms with Crippen LogP contribution in [0.4, 0.5) is 0 Å². The topological polar surface area (TPSA) is 0 Å². The number of hydrogen-bond donors (Lipinski definition) is 0. The van der Waals surface area contributed by atoms with E-state index in [2.05, 4.69) is 210 Å². The first kappa shape index (κ1) is 33.4. The molecule has 10 aromatic carbocycles. The Morgan fingerprint density at radius 3 is 1.28 bits per heavy atom. The van der Waals surface area contributed by atoms with Gasteiger partial charge in [0.25, 0.3) is 0 Å². The van der Waals surface area contributed by atoms with Gasteiger partial charge in [-0.1, -0.05) is 204 Å². The quantitative estimate of drug-likeness (QED) is 0.158. The monoisotopic (exact) mass is 738 g/mol. The van der Waals surface area contributed by atoms with Gasteiger partial charge in [0.1, 0.15) is 0 Å². The standard InChI is InChI=1S/C58H42/c1-57(2)51-22-11-9-18-44(51)46-31-28-37(34-53(46)57)38-14-5-6-15-39(38)42-29-24-35-27-33-48-43(30-25-36-26-32-47(42)54(35)55(36)48)40-16-7-8-17-41(40)49-20-13-21-50-45-19-10-12-23-52(45)58(3,4)56(49)50/h5-34H,1-4H3. The zero-order chi connectivity index (χ0) is 38.9. The van der Waals surface area contributed by atoms with E-state index in [1.54, 1.807) is 0 Å². The zero-order valence-electron chi connectivity index (χ0n) is 33.3. The average molecular weight is 739 g/mol. The van der Waals surface area contributed by atoms with Crippen molar-refractivity contribution in [1.29, 1.82) is 0 Å². The lowest BCUT2D eigenvalue weighted by Crippen LogP contribution is -2.16. The lowest BCUT2D eigenvalue weighted by atomic mass is 9.77. The molecule has 0 radical (unpaired) electrons. The normalized spacial score (nSPS) is 14.5. The summed E-state index contributed by atoms with van der Waals surface area (Å²) in [5.41, 5.74) is 21.1. The minimum absolute atomic E-state index is 0.0536. The van der Waals surface area contributed by atoms with Crippen LogP contribution in [0.2, 0.25) is 0 Å². The molecule has 274 valence electrons. The third-order valence-corrected chi connectivity index (χ3v) is 13.9. The average Bonchev–Trinajstić information content (AvgIpc) is 3.65. The van der Waals surface area contributed by atoms with Crippen molar-refractivity contribution in [2.24, 2.45) is 0 Å². The van der Waals surface area contributed by atoms with Crippen LogP contribution in [0.3, 0.4) is 0 Å². The first-order valence-electron chi connectivity index (χ1n) is 20.7. The summed E-state index contributed by atoms with van der Waals surface area (Å²) in [6.07, 6.45) is 0. The van der Waals surface area contributed by atoms with Crippen molar-refractivity contribution in [3.8, 4) is 66.8 Å². The zero-order valence-corrected chi connectivity index (χ0v) is 33.3. The number of rotatable bonds is 4. The Morgan fingerprint density at radius 1 is 0.276 bits per heavy atom. The molecule has 0 unspecified atom stereocenters. The van der Waals surface area contributed by atoms with Crippen LogP contribution >= 0.6 is 0 Å². The highest BCUT2D eigenvalue weighted by Crippen LogP contribution is 2.54. The van der Waals surface area contributed by atoms with E-state index in [1.807, 2.05) is 0 Å². The maximum atomic E-state index is 2.45. The Labute approximate surface area is 340 Å². The van der Waals surface area contributed by atoms with E-state index in [0.29, 0.717) is 0 Å². The molecule has 0 aliphatic heterocycles. The van der Waals surface area contributed by atoms with E-state index in [4.69, 9.17) is 0 Å². The van der Waals surface area contributed by atoms with Crippen LogP contribution in [0.5, 0.6) is 0 Å². The summed E-state index contributed by atoms with van der Waals surface area (Å²) >= 11 is 0. The molecule has 0 saturated heterocycles. The van der Waals surface area contributed by atoms with E-state index in [0.717, 1.165) is 0 Å². The molecule has 0 spiro atoms. The van der Waals surface area contributed by atoms with Gasteiger partial charge in [-0.15, -0.1) is 0 Å². The Hall–Kier alpha value is -6.76. The Kier molecular flexibility index (Phi) is 6.84. The van der Waals surface area contributed by atoms with Crippen LogP contribution in [0, 0.1) is 0 Å². The molecular weight excluding hydrogens is 697 g/mol. The first-order valence-corrected chi connectivity index (χ1v) is 20.7. The maximum Gasteiger partial charge on any atom is 0.0165 e.